The molecule has 0 radical (unpaired) electrons. The number of para-hydroxylation sites is 2. The number of aryl methyl sites for hydroxylation is 1. The van der Waals surface area contributed by atoms with Crippen molar-refractivity contribution in [2.45, 2.75) is 70.3 Å². The zero-order valence-corrected chi connectivity index (χ0v) is 21.8. The Morgan fingerprint density at radius 2 is 1.74 bits per heavy atom. The highest BCUT2D eigenvalue weighted by Crippen LogP contribution is 2.29. The second kappa shape index (κ2) is 10.6. The molecule has 4 aromatic rings. The van der Waals surface area contributed by atoms with E-state index in [9.17, 15) is 9.59 Å². The number of nitrogens with zero attached hydrogens (tertiary/aromatic N) is 4. The van der Waals surface area contributed by atoms with E-state index < -0.39 is 5.25 Å². The molecule has 2 unspecified atom stereocenters. The molecule has 0 spiro atoms. The second-order valence-corrected chi connectivity index (χ2v) is 10.7. The average Bonchev–Trinajstić information content (AvgIpc) is 3.27. The second-order valence-electron chi connectivity index (χ2n) is 9.42. The Morgan fingerprint density at radius 1 is 1.03 bits per heavy atom. The van der Waals surface area contributed by atoms with Crippen molar-refractivity contribution in [3.8, 4) is 0 Å². The van der Waals surface area contributed by atoms with Gasteiger partial charge < -0.3 is 5.32 Å². The molecule has 7 nitrogen and oxygen atoms in total. The maximum Gasteiger partial charge on any atom is 0.262 e. The van der Waals surface area contributed by atoms with E-state index in [1.165, 1.54) is 11.8 Å². The molecule has 8 heteroatoms. The fourth-order valence-corrected chi connectivity index (χ4v) is 4.96. The molecule has 2 aromatic heterocycles. The third kappa shape index (κ3) is 5.12. The van der Waals surface area contributed by atoms with Crippen molar-refractivity contribution in [3.05, 3.63) is 64.4 Å². The highest BCUT2D eigenvalue weighted by atomic mass is 32.2. The van der Waals surface area contributed by atoms with Gasteiger partial charge in [0.15, 0.2) is 5.16 Å². The van der Waals surface area contributed by atoms with Crippen LogP contribution in [-0.4, -0.2) is 30.3 Å². The Balaban J connectivity index is 1.67. The van der Waals surface area contributed by atoms with E-state index in [-0.39, 0.29) is 11.5 Å². The molecule has 35 heavy (non-hydrogen) atoms. The number of aromatic nitrogens is 4. The van der Waals surface area contributed by atoms with Crippen molar-refractivity contribution in [1.82, 2.24) is 19.2 Å². The topological polar surface area (TPSA) is 81.3 Å². The third-order valence-corrected chi connectivity index (χ3v) is 7.46. The van der Waals surface area contributed by atoms with Gasteiger partial charge in [-0.05, 0) is 55.4 Å². The van der Waals surface area contributed by atoms with Gasteiger partial charge in [-0.1, -0.05) is 69.8 Å². The van der Waals surface area contributed by atoms with E-state index in [1.807, 2.05) is 53.8 Å². The Hall–Kier alpha value is -3.13. The molecule has 1 N–H and O–H groups in total. The van der Waals surface area contributed by atoms with Crippen LogP contribution < -0.4 is 10.9 Å². The van der Waals surface area contributed by atoms with Crippen molar-refractivity contribution in [1.29, 1.82) is 0 Å². The molecule has 0 saturated carbocycles. The summed E-state index contributed by atoms with van der Waals surface area (Å²) in [5.41, 5.74) is 2.66. The van der Waals surface area contributed by atoms with Crippen LogP contribution in [0.25, 0.3) is 16.7 Å². The first-order valence-corrected chi connectivity index (χ1v) is 13.1. The lowest BCUT2D eigenvalue weighted by molar-refractivity contribution is -0.115. The molecule has 0 fully saturated rings. The van der Waals surface area contributed by atoms with Crippen molar-refractivity contribution < 1.29 is 4.79 Å². The molecule has 2 heterocycles. The molecule has 0 aliphatic rings. The van der Waals surface area contributed by atoms with E-state index in [1.54, 1.807) is 4.57 Å². The number of hydrogen-bond donors (Lipinski definition) is 1. The molecule has 2 aromatic carbocycles. The summed E-state index contributed by atoms with van der Waals surface area (Å²) in [7, 11) is 0. The Morgan fingerprint density at radius 3 is 2.49 bits per heavy atom. The van der Waals surface area contributed by atoms with Crippen LogP contribution in [0.15, 0.2) is 58.5 Å². The number of rotatable bonds is 9. The number of amides is 1. The zero-order valence-electron chi connectivity index (χ0n) is 21.0. The lowest BCUT2D eigenvalue weighted by Gasteiger charge is -2.17. The van der Waals surface area contributed by atoms with Crippen LogP contribution >= 0.6 is 11.8 Å². The third-order valence-electron chi connectivity index (χ3n) is 6.42. The van der Waals surface area contributed by atoms with E-state index in [0.717, 1.165) is 29.6 Å². The minimum Gasteiger partial charge on any atom is -0.325 e. The predicted molar refractivity (Wildman–Crippen MR) is 143 cm³/mol. The van der Waals surface area contributed by atoms with Crippen LogP contribution in [0.3, 0.4) is 0 Å². The van der Waals surface area contributed by atoms with Gasteiger partial charge in [0, 0.05) is 12.2 Å². The van der Waals surface area contributed by atoms with Gasteiger partial charge in [0.2, 0.25) is 11.7 Å². The summed E-state index contributed by atoms with van der Waals surface area (Å²) >= 11 is 1.34. The maximum atomic E-state index is 13.2. The molecular formula is C27H33N5O2S. The smallest absolute Gasteiger partial charge is 0.262 e. The molecule has 2 atom stereocenters. The minimum atomic E-state index is -0.415. The highest BCUT2D eigenvalue weighted by Gasteiger charge is 2.22. The SMILES string of the molecule is CCC(C)c1ccccc1NC(=O)C(C)Sc1nnc2n(CCC(C)C)c(=O)c3ccccc3n12. The Labute approximate surface area is 210 Å². The van der Waals surface area contributed by atoms with Gasteiger partial charge in [0.05, 0.1) is 16.2 Å². The van der Waals surface area contributed by atoms with Crippen molar-refractivity contribution in [2.75, 3.05) is 5.32 Å². The van der Waals surface area contributed by atoms with Crippen LogP contribution in [0, 0.1) is 5.92 Å². The molecule has 0 saturated heterocycles. The number of carbonyl (C=O) groups excluding carboxylic acids is 1. The summed E-state index contributed by atoms with van der Waals surface area (Å²) < 4.78 is 3.60. The fourth-order valence-electron chi connectivity index (χ4n) is 4.11. The first-order valence-electron chi connectivity index (χ1n) is 12.2. The monoisotopic (exact) mass is 491 g/mol. The summed E-state index contributed by atoms with van der Waals surface area (Å²) in [6.45, 7) is 11.0. The van der Waals surface area contributed by atoms with Crippen LogP contribution in [-0.2, 0) is 11.3 Å². The summed E-state index contributed by atoms with van der Waals surface area (Å²) in [6.07, 6.45) is 1.85. The van der Waals surface area contributed by atoms with Gasteiger partial charge >= 0.3 is 0 Å². The number of hydrogen-bond acceptors (Lipinski definition) is 5. The number of fused-ring (bicyclic) bond motifs is 3. The standard InChI is InChI=1S/C27H33N5O2S/c1-6-18(4)20-11-7-9-13-22(20)28-24(33)19(5)35-27-30-29-26-31(16-15-17(2)3)25(34)21-12-8-10-14-23(21)32(26)27/h7-14,17-19H,6,15-16H2,1-5H3,(H,28,33). The van der Waals surface area contributed by atoms with E-state index >= 15 is 0 Å². The number of benzene rings is 2. The maximum absolute atomic E-state index is 13.2. The van der Waals surface area contributed by atoms with Gasteiger partial charge in [-0.2, -0.15) is 0 Å². The average molecular weight is 492 g/mol. The van der Waals surface area contributed by atoms with Gasteiger partial charge in [0.25, 0.3) is 5.56 Å². The quantitative estimate of drug-likeness (QED) is 0.303. The van der Waals surface area contributed by atoms with Gasteiger partial charge in [-0.15, -0.1) is 10.2 Å². The summed E-state index contributed by atoms with van der Waals surface area (Å²) in [5, 5.41) is 12.7. The van der Waals surface area contributed by atoms with Gasteiger partial charge in [-0.3, -0.25) is 18.6 Å². The predicted octanol–water partition coefficient (Wildman–Crippen LogP) is 5.72. The molecular weight excluding hydrogens is 458 g/mol. The highest BCUT2D eigenvalue weighted by molar-refractivity contribution is 8.00. The van der Waals surface area contributed by atoms with E-state index in [0.29, 0.717) is 34.7 Å². The summed E-state index contributed by atoms with van der Waals surface area (Å²) in [6, 6.07) is 15.5. The van der Waals surface area contributed by atoms with Crippen molar-refractivity contribution >= 4 is 40.0 Å². The van der Waals surface area contributed by atoms with Crippen molar-refractivity contribution in [3.63, 3.8) is 0 Å². The molecule has 0 aliphatic heterocycles. The number of anilines is 1. The number of thioether (sulfide) groups is 1. The molecule has 1 amide bonds. The van der Waals surface area contributed by atoms with Crippen LogP contribution in [0.1, 0.15) is 58.9 Å². The Kier molecular flexibility index (Phi) is 7.60. The van der Waals surface area contributed by atoms with Crippen LogP contribution in [0.2, 0.25) is 0 Å². The Bertz CT molecular complexity index is 1410. The zero-order chi connectivity index (χ0) is 25.1. The molecule has 0 bridgehead atoms. The van der Waals surface area contributed by atoms with E-state index in [2.05, 4.69) is 49.3 Å². The first-order chi connectivity index (χ1) is 16.8. The minimum absolute atomic E-state index is 0.0647. The molecule has 0 aliphatic carbocycles. The summed E-state index contributed by atoms with van der Waals surface area (Å²) in [4.78, 5) is 26.4. The fraction of sp³-hybridized carbons (Fsp3) is 0.407. The summed E-state index contributed by atoms with van der Waals surface area (Å²) in [5.74, 6) is 1.21. The first kappa shape index (κ1) is 25.0. The van der Waals surface area contributed by atoms with Gasteiger partial charge in [-0.25, -0.2) is 0 Å². The normalized spacial score (nSPS) is 13.4. The van der Waals surface area contributed by atoms with Crippen LogP contribution in [0.4, 0.5) is 5.69 Å². The van der Waals surface area contributed by atoms with Crippen LogP contribution in [0.5, 0.6) is 0 Å². The largest absolute Gasteiger partial charge is 0.325 e. The van der Waals surface area contributed by atoms with E-state index in [4.69, 9.17) is 0 Å². The number of nitrogens with one attached hydrogen (secondary N) is 1. The number of carbonyl (C=O) groups is 1. The molecule has 184 valence electrons. The lowest BCUT2D eigenvalue weighted by atomic mass is 9.97. The van der Waals surface area contributed by atoms with Crippen molar-refractivity contribution in [2.24, 2.45) is 5.92 Å². The molecule has 4 rings (SSSR count). The lowest BCUT2D eigenvalue weighted by Crippen LogP contribution is -2.25. The van der Waals surface area contributed by atoms with Gasteiger partial charge in [0.1, 0.15) is 0 Å².